The Bertz CT molecular complexity index is 794. The van der Waals surface area contributed by atoms with Crippen LogP contribution in [0.1, 0.15) is 5.56 Å². The summed E-state index contributed by atoms with van der Waals surface area (Å²) in [6.07, 6.45) is 1.63. The fourth-order valence-electron chi connectivity index (χ4n) is 2.21. The molecular formula is C17H19FN2O3S. The van der Waals surface area contributed by atoms with E-state index in [0.29, 0.717) is 13.0 Å². The van der Waals surface area contributed by atoms with E-state index in [9.17, 15) is 17.6 Å². The van der Waals surface area contributed by atoms with E-state index in [2.05, 4.69) is 5.32 Å². The van der Waals surface area contributed by atoms with Crippen molar-refractivity contribution >= 4 is 21.6 Å². The first-order chi connectivity index (χ1) is 11.4. The molecule has 0 aliphatic rings. The number of carbonyl (C=O) groups excluding carboxylic acids is 1. The molecule has 0 fully saturated rings. The fourth-order valence-corrected chi connectivity index (χ4v) is 3.06. The number of hydrogen-bond donors (Lipinski definition) is 1. The number of carbonyl (C=O) groups is 1. The Hall–Kier alpha value is -2.41. The Morgan fingerprint density at radius 2 is 1.83 bits per heavy atom. The monoisotopic (exact) mass is 350 g/mol. The van der Waals surface area contributed by atoms with Gasteiger partial charge < -0.3 is 5.32 Å². The van der Waals surface area contributed by atoms with Gasteiger partial charge in [-0.25, -0.2) is 12.8 Å². The van der Waals surface area contributed by atoms with Gasteiger partial charge in [-0.3, -0.25) is 9.10 Å². The predicted molar refractivity (Wildman–Crippen MR) is 91.7 cm³/mol. The van der Waals surface area contributed by atoms with Gasteiger partial charge in [0.2, 0.25) is 15.9 Å². The van der Waals surface area contributed by atoms with E-state index in [1.807, 2.05) is 30.3 Å². The molecule has 2 aromatic carbocycles. The molecule has 0 aliphatic carbocycles. The minimum absolute atomic E-state index is 0.121. The summed E-state index contributed by atoms with van der Waals surface area (Å²) in [5.41, 5.74) is 1.19. The van der Waals surface area contributed by atoms with Crippen LogP contribution in [0.3, 0.4) is 0 Å². The number of nitrogens with zero attached hydrogens (tertiary/aromatic N) is 1. The summed E-state index contributed by atoms with van der Waals surface area (Å²) < 4.78 is 38.0. The molecule has 0 saturated heterocycles. The van der Waals surface area contributed by atoms with E-state index in [-0.39, 0.29) is 5.69 Å². The Labute approximate surface area is 141 Å². The summed E-state index contributed by atoms with van der Waals surface area (Å²) in [6.45, 7) is 0.000670. The van der Waals surface area contributed by atoms with Crippen LogP contribution in [0.2, 0.25) is 0 Å². The van der Waals surface area contributed by atoms with E-state index < -0.39 is 28.3 Å². The molecule has 0 saturated carbocycles. The Kier molecular flexibility index (Phi) is 5.92. The molecule has 0 heterocycles. The SMILES string of the molecule is CS(=O)(=O)N(CC(=O)NCCc1ccccc1)c1cccc(F)c1. The molecule has 1 N–H and O–H groups in total. The first-order valence-electron chi connectivity index (χ1n) is 7.40. The molecule has 7 heteroatoms. The number of anilines is 1. The highest BCUT2D eigenvalue weighted by Gasteiger charge is 2.21. The lowest BCUT2D eigenvalue weighted by Gasteiger charge is -2.21. The van der Waals surface area contributed by atoms with Crippen molar-refractivity contribution < 1.29 is 17.6 Å². The lowest BCUT2D eigenvalue weighted by molar-refractivity contribution is -0.119. The minimum Gasteiger partial charge on any atom is -0.354 e. The van der Waals surface area contributed by atoms with Gasteiger partial charge in [0.05, 0.1) is 11.9 Å². The molecule has 0 radical (unpaired) electrons. The van der Waals surface area contributed by atoms with Gasteiger partial charge in [-0.2, -0.15) is 0 Å². The number of sulfonamides is 1. The van der Waals surface area contributed by atoms with Gasteiger partial charge in [0.25, 0.3) is 0 Å². The van der Waals surface area contributed by atoms with Gasteiger partial charge >= 0.3 is 0 Å². The molecule has 0 aliphatic heterocycles. The molecule has 2 aromatic rings. The standard InChI is InChI=1S/C17H19FN2O3S/c1-24(22,23)20(16-9-5-8-15(18)12-16)13-17(21)19-11-10-14-6-3-2-4-7-14/h2-9,12H,10-11,13H2,1H3,(H,19,21). The zero-order valence-electron chi connectivity index (χ0n) is 13.3. The molecule has 128 valence electrons. The molecule has 0 aromatic heterocycles. The molecule has 1 amide bonds. The van der Waals surface area contributed by atoms with Crippen LogP contribution >= 0.6 is 0 Å². The van der Waals surface area contributed by atoms with Crippen molar-refractivity contribution in [3.05, 3.63) is 66.0 Å². The van der Waals surface area contributed by atoms with E-state index in [1.54, 1.807) is 0 Å². The van der Waals surface area contributed by atoms with Gasteiger partial charge in [-0.05, 0) is 30.2 Å². The Balaban J connectivity index is 1.98. The van der Waals surface area contributed by atoms with Crippen molar-refractivity contribution in [1.82, 2.24) is 5.32 Å². The number of halogens is 1. The van der Waals surface area contributed by atoms with Crippen LogP contribution in [0.25, 0.3) is 0 Å². The highest BCUT2D eigenvalue weighted by atomic mass is 32.2. The van der Waals surface area contributed by atoms with Crippen molar-refractivity contribution in [2.75, 3.05) is 23.7 Å². The second kappa shape index (κ2) is 7.92. The molecule has 5 nitrogen and oxygen atoms in total. The van der Waals surface area contributed by atoms with Crippen LogP contribution in [0.4, 0.5) is 10.1 Å². The lowest BCUT2D eigenvalue weighted by atomic mass is 10.1. The maximum Gasteiger partial charge on any atom is 0.240 e. The number of hydrogen-bond acceptors (Lipinski definition) is 3. The summed E-state index contributed by atoms with van der Waals surface area (Å²) >= 11 is 0. The summed E-state index contributed by atoms with van der Waals surface area (Å²) in [5, 5.41) is 2.68. The van der Waals surface area contributed by atoms with Gasteiger partial charge in [-0.1, -0.05) is 36.4 Å². The van der Waals surface area contributed by atoms with Gasteiger partial charge in [-0.15, -0.1) is 0 Å². The number of nitrogens with one attached hydrogen (secondary N) is 1. The fraction of sp³-hybridized carbons (Fsp3) is 0.235. The van der Waals surface area contributed by atoms with E-state index in [1.165, 1.54) is 18.2 Å². The zero-order valence-corrected chi connectivity index (χ0v) is 14.1. The maximum atomic E-state index is 13.3. The van der Waals surface area contributed by atoms with Gasteiger partial charge in [0.1, 0.15) is 12.4 Å². The quantitative estimate of drug-likeness (QED) is 0.830. The van der Waals surface area contributed by atoms with Gasteiger partial charge in [0.15, 0.2) is 0 Å². The second-order valence-corrected chi connectivity index (χ2v) is 7.24. The molecule has 24 heavy (non-hydrogen) atoms. The largest absolute Gasteiger partial charge is 0.354 e. The van der Waals surface area contributed by atoms with Crippen molar-refractivity contribution in [1.29, 1.82) is 0 Å². The first-order valence-corrected chi connectivity index (χ1v) is 9.25. The Morgan fingerprint density at radius 3 is 2.46 bits per heavy atom. The smallest absolute Gasteiger partial charge is 0.240 e. The summed E-state index contributed by atoms with van der Waals surface area (Å²) in [5.74, 6) is -1.01. The zero-order chi connectivity index (χ0) is 17.6. The molecule has 0 unspecified atom stereocenters. The highest BCUT2D eigenvalue weighted by molar-refractivity contribution is 7.92. The minimum atomic E-state index is -3.70. The number of rotatable bonds is 7. The van der Waals surface area contributed by atoms with Crippen LogP contribution in [-0.4, -0.2) is 33.7 Å². The number of amides is 1. The first kappa shape index (κ1) is 17.9. The van der Waals surface area contributed by atoms with Crippen molar-refractivity contribution in [2.24, 2.45) is 0 Å². The van der Waals surface area contributed by atoms with Crippen LogP contribution < -0.4 is 9.62 Å². The maximum absolute atomic E-state index is 13.3. The van der Waals surface area contributed by atoms with Crippen molar-refractivity contribution in [3.8, 4) is 0 Å². The molecule has 0 spiro atoms. The number of benzene rings is 2. The van der Waals surface area contributed by atoms with Crippen LogP contribution in [0, 0.1) is 5.82 Å². The van der Waals surface area contributed by atoms with Crippen LogP contribution in [0.15, 0.2) is 54.6 Å². The molecule has 0 atom stereocenters. The van der Waals surface area contributed by atoms with E-state index in [4.69, 9.17) is 0 Å². The third-order valence-corrected chi connectivity index (χ3v) is 4.50. The third kappa shape index (κ3) is 5.34. The van der Waals surface area contributed by atoms with Gasteiger partial charge in [0, 0.05) is 6.54 Å². The van der Waals surface area contributed by atoms with E-state index in [0.717, 1.165) is 22.2 Å². The van der Waals surface area contributed by atoms with Crippen molar-refractivity contribution in [3.63, 3.8) is 0 Å². The van der Waals surface area contributed by atoms with E-state index >= 15 is 0 Å². The molecular weight excluding hydrogens is 331 g/mol. The summed E-state index contributed by atoms with van der Waals surface area (Å²) in [6, 6.07) is 14.8. The topological polar surface area (TPSA) is 66.5 Å². The Morgan fingerprint density at radius 1 is 1.12 bits per heavy atom. The lowest BCUT2D eigenvalue weighted by Crippen LogP contribution is -2.41. The summed E-state index contributed by atoms with van der Waals surface area (Å²) in [7, 11) is -3.70. The average molecular weight is 350 g/mol. The van der Waals surface area contributed by atoms with Crippen LogP contribution in [-0.2, 0) is 21.2 Å². The average Bonchev–Trinajstić information content (AvgIpc) is 2.52. The second-order valence-electron chi connectivity index (χ2n) is 5.34. The molecule has 2 rings (SSSR count). The normalized spacial score (nSPS) is 11.1. The third-order valence-electron chi connectivity index (χ3n) is 3.36. The molecule has 0 bridgehead atoms. The predicted octanol–water partition coefficient (Wildman–Crippen LogP) is 1.95. The summed E-state index contributed by atoms with van der Waals surface area (Å²) in [4.78, 5) is 12.0. The van der Waals surface area contributed by atoms with Crippen LogP contribution in [0.5, 0.6) is 0 Å². The highest BCUT2D eigenvalue weighted by Crippen LogP contribution is 2.18. The van der Waals surface area contributed by atoms with Crippen molar-refractivity contribution in [2.45, 2.75) is 6.42 Å².